The van der Waals surface area contributed by atoms with Crippen LogP contribution in [-0.2, 0) is 19.9 Å². The smallest absolute Gasteiger partial charge is 0.261 e. The summed E-state index contributed by atoms with van der Waals surface area (Å²) in [7, 11) is -7.10. The van der Waals surface area contributed by atoms with Gasteiger partial charge in [0.15, 0.2) is 0 Å². The lowest BCUT2D eigenvalue weighted by atomic mass is 10.0. The molecule has 166 valence electrons. The highest BCUT2D eigenvalue weighted by Crippen LogP contribution is 2.39. The fraction of sp³-hybridized carbons (Fsp3) is 0.381. The number of hydrogen-bond acceptors (Lipinski definition) is 5. The van der Waals surface area contributed by atoms with E-state index in [0.717, 1.165) is 25.0 Å². The molecule has 2 aliphatic rings. The number of sulfonamides is 1. The zero-order valence-electron chi connectivity index (χ0n) is 16.9. The molecule has 1 N–H and O–H groups in total. The highest BCUT2D eigenvalue weighted by atomic mass is 32.2. The van der Waals surface area contributed by atoms with Crippen molar-refractivity contribution in [2.75, 3.05) is 11.0 Å². The highest BCUT2D eigenvalue weighted by molar-refractivity contribution is 7.92. The Morgan fingerprint density at radius 1 is 1.00 bits per heavy atom. The number of fused-ring (bicyclic) bond motifs is 2. The van der Waals surface area contributed by atoms with Crippen LogP contribution in [0.5, 0.6) is 0 Å². The average molecular weight is 467 g/mol. The molecule has 4 rings (SSSR count). The molecule has 2 fully saturated rings. The first kappa shape index (κ1) is 21.8. The minimum absolute atomic E-state index is 0.0999. The third kappa shape index (κ3) is 4.45. The second-order valence-electron chi connectivity index (χ2n) is 8.16. The summed E-state index contributed by atoms with van der Waals surface area (Å²) in [6, 6.07) is 10.5. The molecule has 0 spiro atoms. The third-order valence-corrected chi connectivity index (χ3v) is 9.00. The van der Waals surface area contributed by atoms with Crippen molar-refractivity contribution in [1.82, 2.24) is 4.90 Å². The highest BCUT2D eigenvalue weighted by Gasteiger charge is 2.45. The standard InChI is InChI=1S/C21H23FN2O5S2/c1-30(26,27)20-12-17-9-10-18(13-20)24(17)21(25)14-5-7-16(8-6-14)23-31(28,29)19-4-2-3-15(22)11-19/h2-8,11,17-18,20,23H,9-10,12-13H2,1H3. The van der Waals surface area contributed by atoms with Gasteiger partial charge in [0.25, 0.3) is 15.9 Å². The number of carbonyl (C=O) groups excluding carboxylic acids is 1. The summed E-state index contributed by atoms with van der Waals surface area (Å²) in [6.07, 6.45) is 3.72. The Hall–Kier alpha value is -2.46. The fourth-order valence-electron chi connectivity index (χ4n) is 4.49. The first-order chi connectivity index (χ1) is 14.5. The van der Waals surface area contributed by atoms with E-state index in [0.29, 0.717) is 18.4 Å². The number of carbonyl (C=O) groups is 1. The van der Waals surface area contributed by atoms with Crippen LogP contribution < -0.4 is 4.72 Å². The second-order valence-corrected chi connectivity index (χ2v) is 12.2. The van der Waals surface area contributed by atoms with Gasteiger partial charge in [0.1, 0.15) is 15.7 Å². The van der Waals surface area contributed by atoms with E-state index in [4.69, 9.17) is 0 Å². The molecule has 0 saturated carbocycles. The molecular formula is C21H23FN2O5S2. The molecule has 7 nitrogen and oxygen atoms in total. The van der Waals surface area contributed by atoms with Crippen molar-refractivity contribution in [2.24, 2.45) is 0 Å². The number of amides is 1. The molecule has 2 heterocycles. The third-order valence-electron chi connectivity index (χ3n) is 6.02. The topological polar surface area (TPSA) is 101 Å². The average Bonchev–Trinajstić information content (AvgIpc) is 2.96. The lowest BCUT2D eigenvalue weighted by molar-refractivity contribution is 0.0598. The number of nitrogens with zero attached hydrogens (tertiary/aromatic N) is 1. The van der Waals surface area contributed by atoms with E-state index in [1.807, 2.05) is 0 Å². The molecule has 2 aliphatic heterocycles. The van der Waals surface area contributed by atoms with Crippen LogP contribution in [-0.4, -0.2) is 51.2 Å². The van der Waals surface area contributed by atoms with E-state index in [1.54, 1.807) is 4.90 Å². The van der Waals surface area contributed by atoms with Crippen molar-refractivity contribution in [3.63, 3.8) is 0 Å². The van der Waals surface area contributed by atoms with Gasteiger partial charge in [0.05, 0.1) is 10.1 Å². The van der Waals surface area contributed by atoms with Gasteiger partial charge in [-0.25, -0.2) is 21.2 Å². The number of benzene rings is 2. The molecule has 31 heavy (non-hydrogen) atoms. The van der Waals surface area contributed by atoms with Crippen LogP contribution in [0.4, 0.5) is 10.1 Å². The van der Waals surface area contributed by atoms with E-state index in [9.17, 15) is 26.0 Å². The summed E-state index contributed by atoms with van der Waals surface area (Å²) in [5, 5.41) is -0.409. The van der Waals surface area contributed by atoms with Crippen LogP contribution in [0.3, 0.4) is 0 Å². The van der Waals surface area contributed by atoms with Crippen LogP contribution in [0.25, 0.3) is 0 Å². The Morgan fingerprint density at radius 2 is 1.61 bits per heavy atom. The maximum atomic E-state index is 13.3. The molecule has 0 aliphatic carbocycles. The predicted molar refractivity (Wildman–Crippen MR) is 114 cm³/mol. The number of rotatable bonds is 5. The molecule has 2 aromatic rings. The first-order valence-electron chi connectivity index (χ1n) is 9.94. The number of nitrogens with one attached hydrogen (secondary N) is 1. The normalized spacial score (nSPS) is 23.5. The Labute approximate surface area is 181 Å². The monoisotopic (exact) mass is 466 g/mol. The Balaban J connectivity index is 1.48. The van der Waals surface area contributed by atoms with Gasteiger partial charge in [-0.2, -0.15) is 0 Å². The minimum Gasteiger partial charge on any atom is -0.333 e. The van der Waals surface area contributed by atoms with Crippen molar-refractivity contribution in [1.29, 1.82) is 0 Å². The molecule has 0 radical (unpaired) electrons. The summed E-state index contributed by atoms with van der Waals surface area (Å²) >= 11 is 0. The Kier molecular flexibility index (Phi) is 5.55. The first-order valence-corrected chi connectivity index (χ1v) is 13.4. The predicted octanol–water partition coefficient (Wildman–Crippen LogP) is 2.81. The van der Waals surface area contributed by atoms with Gasteiger partial charge < -0.3 is 4.90 Å². The molecule has 10 heteroatoms. The molecule has 2 aromatic carbocycles. The van der Waals surface area contributed by atoms with Gasteiger partial charge in [-0.05, 0) is 68.1 Å². The summed E-state index contributed by atoms with van der Waals surface area (Å²) in [5.74, 6) is -0.836. The number of anilines is 1. The van der Waals surface area contributed by atoms with Crippen molar-refractivity contribution < 1.29 is 26.0 Å². The van der Waals surface area contributed by atoms with Crippen LogP contribution >= 0.6 is 0 Å². The second kappa shape index (κ2) is 7.90. The molecule has 2 bridgehead atoms. The van der Waals surface area contributed by atoms with Gasteiger partial charge in [0.2, 0.25) is 0 Å². The zero-order chi connectivity index (χ0) is 22.4. The molecule has 0 aromatic heterocycles. The van der Waals surface area contributed by atoms with E-state index < -0.39 is 30.9 Å². The summed E-state index contributed by atoms with van der Waals surface area (Å²) in [4.78, 5) is 14.7. The fourth-order valence-corrected chi connectivity index (χ4v) is 6.72. The molecule has 2 unspecified atom stereocenters. The van der Waals surface area contributed by atoms with Crippen LogP contribution in [0.15, 0.2) is 53.4 Å². The largest absolute Gasteiger partial charge is 0.333 e. The Morgan fingerprint density at radius 3 is 2.16 bits per heavy atom. The Bertz CT molecular complexity index is 1200. The van der Waals surface area contributed by atoms with Crippen molar-refractivity contribution in [2.45, 2.75) is 47.9 Å². The van der Waals surface area contributed by atoms with E-state index >= 15 is 0 Å². The van der Waals surface area contributed by atoms with Gasteiger partial charge in [-0.1, -0.05) is 6.07 Å². The van der Waals surface area contributed by atoms with Crippen molar-refractivity contribution in [3.05, 3.63) is 59.9 Å². The van der Waals surface area contributed by atoms with Gasteiger partial charge in [0, 0.05) is 29.6 Å². The summed E-state index contributed by atoms with van der Waals surface area (Å²) in [5.41, 5.74) is 0.656. The SMILES string of the molecule is CS(=O)(=O)C1CC2CCC(C1)N2C(=O)c1ccc(NS(=O)(=O)c2cccc(F)c2)cc1. The van der Waals surface area contributed by atoms with Gasteiger partial charge in [-0.3, -0.25) is 9.52 Å². The number of piperidine rings is 1. The quantitative estimate of drug-likeness (QED) is 0.730. The lowest BCUT2D eigenvalue weighted by Gasteiger charge is -2.38. The van der Waals surface area contributed by atoms with Crippen LogP contribution in [0, 0.1) is 5.82 Å². The van der Waals surface area contributed by atoms with Gasteiger partial charge in [-0.15, -0.1) is 0 Å². The van der Waals surface area contributed by atoms with Crippen molar-refractivity contribution >= 4 is 31.5 Å². The summed E-state index contributed by atoms with van der Waals surface area (Å²) in [6.45, 7) is 0. The number of hydrogen-bond donors (Lipinski definition) is 1. The molecule has 2 saturated heterocycles. The summed E-state index contributed by atoms with van der Waals surface area (Å²) < 4.78 is 64.5. The minimum atomic E-state index is -3.96. The maximum absolute atomic E-state index is 13.3. The van der Waals surface area contributed by atoms with Gasteiger partial charge >= 0.3 is 0 Å². The van der Waals surface area contributed by atoms with E-state index in [-0.39, 0.29) is 28.6 Å². The lowest BCUT2D eigenvalue weighted by Crippen LogP contribution is -2.49. The molecule has 2 atom stereocenters. The molecular weight excluding hydrogens is 443 g/mol. The number of halogens is 1. The van der Waals surface area contributed by atoms with Crippen LogP contribution in [0.1, 0.15) is 36.0 Å². The van der Waals surface area contributed by atoms with Crippen LogP contribution in [0.2, 0.25) is 0 Å². The maximum Gasteiger partial charge on any atom is 0.261 e. The van der Waals surface area contributed by atoms with Crippen molar-refractivity contribution in [3.8, 4) is 0 Å². The van der Waals surface area contributed by atoms with E-state index in [2.05, 4.69) is 4.72 Å². The number of sulfone groups is 1. The van der Waals surface area contributed by atoms with E-state index in [1.165, 1.54) is 42.7 Å². The zero-order valence-corrected chi connectivity index (χ0v) is 18.5. The molecule has 1 amide bonds.